The van der Waals surface area contributed by atoms with E-state index in [0.717, 1.165) is 37.6 Å². The van der Waals surface area contributed by atoms with E-state index < -0.39 is 0 Å². The zero-order valence-corrected chi connectivity index (χ0v) is 12.3. The molecule has 0 aromatic heterocycles. The maximum absolute atomic E-state index is 13.7. The van der Waals surface area contributed by atoms with E-state index >= 15 is 0 Å². The van der Waals surface area contributed by atoms with E-state index in [2.05, 4.69) is 22.4 Å². The Kier molecular flexibility index (Phi) is 5.98. The molecule has 1 saturated heterocycles. The molecule has 1 aliphatic heterocycles. The van der Waals surface area contributed by atoms with Crippen molar-refractivity contribution in [2.75, 3.05) is 43.4 Å². The Morgan fingerprint density at radius 1 is 1.00 bits per heavy atom. The molecule has 106 valence electrons. The summed E-state index contributed by atoms with van der Waals surface area (Å²) in [6, 6.07) is 7.07. The molecule has 0 bridgehead atoms. The Balaban J connectivity index is 1.75. The Labute approximate surface area is 121 Å². The van der Waals surface area contributed by atoms with E-state index in [1.165, 1.54) is 25.8 Å². The average molecular weight is 282 g/mol. The maximum atomic E-state index is 13.7. The van der Waals surface area contributed by atoms with Gasteiger partial charge in [0.1, 0.15) is 5.82 Å². The minimum absolute atomic E-state index is 0.107. The lowest BCUT2D eigenvalue weighted by atomic mass is 10.2. The molecule has 2 rings (SSSR count). The van der Waals surface area contributed by atoms with E-state index in [0.29, 0.717) is 0 Å². The molecule has 19 heavy (non-hydrogen) atoms. The topological polar surface area (TPSA) is 6.48 Å². The summed E-state index contributed by atoms with van der Waals surface area (Å²) < 4.78 is 13.7. The summed E-state index contributed by atoms with van der Waals surface area (Å²) in [6.07, 6.45) is 3.72. The number of piperazine rings is 1. The second-order valence-electron chi connectivity index (χ2n) is 5.06. The zero-order chi connectivity index (χ0) is 13.5. The van der Waals surface area contributed by atoms with Gasteiger partial charge in [0.05, 0.1) is 5.69 Å². The average Bonchev–Trinajstić information content (AvgIpc) is 2.45. The first-order valence-electron chi connectivity index (χ1n) is 7.14. The summed E-state index contributed by atoms with van der Waals surface area (Å²) in [7, 11) is 0. The zero-order valence-electron chi connectivity index (χ0n) is 11.4. The number of nitrogens with zero attached hydrogens (tertiary/aromatic N) is 2. The van der Waals surface area contributed by atoms with Gasteiger partial charge in [-0.05, 0) is 37.3 Å². The van der Waals surface area contributed by atoms with Gasteiger partial charge in [-0.2, -0.15) is 12.6 Å². The van der Waals surface area contributed by atoms with Gasteiger partial charge < -0.3 is 4.90 Å². The van der Waals surface area contributed by atoms with Gasteiger partial charge in [-0.15, -0.1) is 0 Å². The standard InChI is InChI=1S/C15H23FN2S/c16-14-6-2-3-7-15(14)18-11-9-17(10-12-18)8-4-1-5-13-19/h2-3,6-7,19H,1,4-5,8-13H2. The predicted molar refractivity (Wildman–Crippen MR) is 82.8 cm³/mol. The van der Waals surface area contributed by atoms with Gasteiger partial charge in [-0.1, -0.05) is 18.6 Å². The molecule has 4 heteroatoms. The lowest BCUT2D eigenvalue weighted by Crippen LogP contribution is -2.46. The van der Waals surface area contributed by atoms with Crippen LogP contribution in [-0.2, 0) is 0 Å². The first-order valence-corrected chi connectivity index (χ1v) is 7.77. The monoisotopic (exact) mass is 282 g/mol. The molecular weight excluding hydrogens is 259 g/mol. The first kappa shape index (κ1) is 14.7. The summed E-state index contributed by atoms with van der Waals surface area (Å²) in [5, 5.41) is 0. The molecule has 0 spiro atoms. The summed E-state index contributed by atoms with van der Waals surface area (Å²) >= 11 is 4.23. The van der Waals surface area contributed by atoms with E-state index in [1.807, 2.05) is 12.1 Å². The number of halogens is 1. The number of hydrogen-bond acceptors (Lipinski definition) is 3. The Hall–Kier alpha value is -0.740. The quantitative estimate of drug-likeness (QED) is 0.633. The number of unbranched alkanes of at least 4 members (excludes halogenated alkanes) is 2. The highest BCUT2D eigenvalue weighted by Crippen LogP contribution is 2.20. The van der Waals surface area contributed by atoms with Crippen LogP contribution in [0.5, 0.6) is 0 Å². The molecule has 0 atom stereocenters. The van der Waals surface area contributed by atoms with Crippen molar-refractivity contribution in [1.29, 1.82) is 0 Å². The molecule has 1 fully saturated rings. The van der Waals surface area contributed by atoms with Crippen LogP contribution in [0.3, 0.4) is 0 Å². The highest BCUT2D eigenvalue weighted by Gasteiger charge is 2.18. The van der Waals surface area contributed by atoms with Crippen molar-refractivity contribution >= 4 is 18.3 Å². The highest BCUT2D eigenvalue weighted by molar-refractivity contribution is 7.80. The van der Waals surface area contributed by atoms with Crippen molar-refractivity contribution in [3.63, 3.8) is 0 Å². The van der Waals surface area contributed by atoms with Crippen molar-refractivity contribution in [2.24, 2.45) is 0 Å². The third kappa shape index (κ3) is 4.39. The molecule has 1 aromatic rings. The smallest absolute Gasteiger partial charge is 0.146 e. The number of para-hydroxylation sites is 1. The molecule has 0 unspecified atom stereocenters. The van der Waals surface area contributed by atoms with Crippen molar-refractivity contribution < 1.29 is 4.39 Å². The van der Waals surface area contributed by atoms with Crippen LogP contribution in [0.4, 0.5) is 10.1 Å². The molecule has 0 radical (unpaired) electrons. The van der Waals surface area contributed by atoms with Crippen LogP contribution in [-0.4, -0.2) is 43.4 Å². The van der Waals surface area contributed by atoms with Crippen molar-refractivity contribution in [3.05, 3.63) is 30.1 Å². The number of thiol groups is 1. The Bertz CT molecular complexity index is 378. The van der Waals surface area contributed by atoms with Crippen LogP contribution in [0, 0.1) is 5.82 Å². The summed E-state index contributed by atoms with van der Waals surface area (Å²) in [6.45, 7) is 5.09. The largest absolute Gasteiger partial charge is 0.367 e. The van der Waals surface area contributed by atoms with Crippen molar-refractivity contribution in [1.82, 2.24) is 4.90 Å². The highest BCUT2D eigenvalue weighted by atomic mass is 32.1. The molecule has 0 saturated carbocycles. The van der Waals surface area contributed by atoms with E-state index in [-0.39, 0.29) is 5.82 Å². The molecule has 1 aromatic carbocycles. The third-order valence-corrected chi connectivity index (χ3v) is 4.01. The SMILES string of the molecule is Fc1ccccc1N1CCN(CCCCCS)CC1. The van der Waals surface area contributed by atoms with Crippen molar-refractivity contribution in [3.8, 4) is 0 Å². The lowest BCUT2D eigenvalue weighted by molar-refractivity contribution is 0.252. The van der Waals surface area contributed by atoms with Gasteiger partial charge in [0.25, 0.3) is 0 Å². The van der Waals surface area contributed by atoms with Crippen LogP contribution in [0.15, 0.2) is 24.3 Å². The first-order chi connectivity index (χ1) is 9.31. The molecule has 0 amide bonds. The number of benzene rings is 1. The Morgan fingerprint density at radius 3 is 2.42 bits per heavy atom. The lowest BCUT2D eigenvalue weighted by Gasteiger charge is -2.36. The fraction of sp³-hybridized carbons (Fsp3) is 0.600. The van der Waals surface area contributed by atoms with Gasteiger partial charge in [0.2, 0.25) is 0 Å². The normalized spacial score (nSPS) is 16.8. The van der Waals surface area contributed by atoms with Crippen LogP contribution >= 0.6 is 12.6 Å². The minimum atomic E-state index is -0.107. The van der Waals surface area contributed by atoms with Crippen LogP contribution in [0.25, 0.3) is 0 Å². The van der Waals surface area contributed by atoms with E-state index in [1.54, 1.807) is 12.1 Å². The summed E-state index contributed by atoms with van der Waals surface area (Å²) in [5.74, 6) is 0.880. The second kappa shape index (κ2) is 7.75. The van der Waals surface area contributed by atoms with E-state index in [9.17, 15) is 4.39 Å². The summed E-state index contributed by atoms with van der Waals surface area (Å²) in [5.41, 5.74) is 0.747. The minimum Gasteiger partial charge on any atom is -0.367 e. The molecular formula is C15H23FN2S. The number of rotatable bonds is 6. The van der Waals surface area contributed by atoms with Crippen molar-refractivity contribution in [2.45, 2.75) is 19.3 Å². The summed E-state index contributed by atoms with van der Waals surface area (Å²) in [4.78, 5) is 4.63. The van der Waals surface area contributed by atoms with Gasteiger partial charge in [0.15, 0.2) is 0 Å². The number of hydrogen-bond donors (Lipinski definition) is 1. The Morgan fingerprint density at radius 2 is 1.74 bits per heavy atom. The fourth-order valence-electron chi connectivity index (χ4n) is 2.54. The van der Waals surface area contributed by atoms with Gasteiger partial charge in [-0.25, -0.2) is 4.39 Å². The van der Waals surface area contributed by atoms with Gasteiger partial charge in [-0.3, -0.25) is 4.90 Å². The molecule has 1 heterocycles. The molecule has 0 aliphatic carbocycles. The predicted octanol–water partition coefficient (Wildman–Crippen LogP) is 3.05. The number of anilines is 1. The second-order valence-corrected chi connectivity index (χ2v) is 5.51. The third-order valence-electron chi connectivity index (χ3n) is 3.70. The van der Waals surface area contributed by atoms with Gasteiger partial charge >= 0.3 is 0 Å². The van der Waals surface area contributed by atoms with Gasteiger partial charge in [0, 0.05) is 26.2 Å². The molecule has 2 nitrogen and oxygen atoms in total. The van der Waals surface area contributed by atoms with Crippen LogP contribution in [0.1, 0.15) is 19.3 Å². The van der Waals surface area contributed by atoms with Crippen LogP contribution in [0.2, 0.25) is 0 Å². The molecule has 1 aliphatic rings. The van der Waals surface area contributed by atoms with Crippen LogP contribution < -0.4 is 4.90 Å². The maximum Gasteiger partial charge on any atom is 0.146 e. The fourth-order valence-corrected chi connectivity index (χ4v) is 2.77. The molecule has 0 N–H and O–H groups in total. The van der Waals surface area contributed by atoms with E-state index in [4.69, 9.17) is 0 Å².